The molecule has 0 radical (unpaired) electrons. The highest BCUT2D eigenvalue weighted by atomic mass is 16.6. The Bertz CT molecular complexity index is 811. The van der Waals surface area contributed by atoms with Crippen molar-refractivity contribution < 1.29 is 19.2 Å². The third-order valence-corrected chi connectivity index (χ3v) is 6.46. The molecule has 1 aliphatic carbocycles. The minimum Gasteiger partial charge on any atom is -0.452 e. The van der Waals surface area contributed by atoms with Gasteiger partial charge in [-0.05, 0) is 43.2 Å². The molecule has 8 nitrogen and oxygen atoms in total. The van der Waals surface area contributed by atoms with Gasteiger partial charge < -0.3 is 14.5 Å². The van der Waals surface area contributed by atoms with Crippen LogP contribution in [0.25, 0.3) is 0 Å². The van der Waals surface area contributed by atoms with E-state index in [0.717, 1.165) is 45.2 Å². The molecule has 2 fully saturated rings. The molecule has 0 aromatic heterocycles. The number of carbonyl (C=O) groups is 2. The van der Waals surface area contributed by atoms with Gasteiger partial charge in [-0.25, -0.2) is 4.79 Å². The summed E-state index contributed by atoms with van der Waals surface area (Å²) in [6.07, 6.45) is 6.43. The summed E-state index contributed by atoms with van der Waals surface area (Å²) in [6, 6.07) is 4.62. The van der Waals surface area contributed by atoms with Crippen LogP contribution in [-0.4, -0.2) is 54.5 Å². The van der Waals surface area contributed by atoms with Crippen molar-refractivity contribution in [3.8, 4) is 0 Å². The summed E-state index contributed by atoms with van der Waals surface area (Å²) in [4.78, 5) is 39.8. The molecule has 1 aromatic carbocycles. The Kier molecular flexibility index (Phi) is 7.51. The second-order valence-corrected chi connectivity index (χ2v) is 9.18. The number of anilines is 1. The third-order valence-electron chi connectivity index (χ3n) is 6.46. The minimum atomic E-state index is -0.722. The number of rotatable bonds is 6. The molecule has 1 aromatic rings. The normalized spacial score (nSPS) is 22.1. The zero-order chi connectivity index (χ0) is 22.5. The largest absolute Gasteiger partial charge is 0.452 e. The van der Waals surface area contributed by atoms with Gasteiger partial charge >= 0.3 is 5.97 Å². The lowest BCUT2D eigenvalue weighted by molar-refractivity contribution is -0.384. The fraction of sp³-hybridized carbons (Fsp3) is 0.652. The fourth-order valence-electron chi connectivity index (χ4n) is 4.91. The average molecular weight is 432 g/mol. The number of benzene rings is 1. The molecule has 0 bridgehead atoms. The van der Waals surface area contributed by atoms with Crippen molar-refractivity contribution >= 4 is 23.3 Å². The molecule has 0 N–H and O–H groups in total. The van der Waals surface area contributed by atoms with E-state index in [4.69, 9.17) is 4.74 Å². The molecular formula is C23H33N3O5. The highest BCUT2D eigenvalue weighted by Crippen LogP contribution is 2.34. The van der Waals surface area contributed by atoms with E-state index in [1.54, 1.807) is 24.1 Å². The number of nitro benzene ring substituents is 1. The Hall–Kier alpha value is -2.64. The maximum Gasteiger partial charge on any atom is 0.338 e. The van der Waals surface area contributed by atoms with Crippen molar-refractivity contribution in [2.24, 2.45) is 11.8 Å². The molecule has 0 spiro atoms. The van der Waals surface area contributed by atoms with E-state index in [-0.39, 0.29) is 29.8 Å². The smallest absolute Gasteiger partial charge is 0.338 e. The molecule has 1 heterocycles. The van der Waals surface area contributed by atoms with Crippen LogP contribution in [0.3, 0.4) is 0 Å². The summed E-state index contributed by atoms with van der Waals surface area (Å²) in [5.41, 5.74) is 0.496. The number of ether oxygens (including phenoxy) is 1. The van der Waals surface area contributed by atoms with Gasteiger partial charge in [-0.15, -0.1) is 0 Å². The molecule has 1 aliphatic heterocycles. The predicted molar refractivity (Wildman–Crippen MR) is 118 cm³/mol. The molecule has 170 valence electrons. The summed E-state index contributed by atoms with van der Waals surface area (Å²) in [7, 11) is 1.74. The lowest BCUT2D eigenvalue weighted by atomic mass is 9.91. The highest BCUT2D eigenvalue weighted by molar-refractivity contribution is 5.93. The van der Waals surface area contributed by atoms with Gasteiger partial charge in [0.1, 0.15) is 5.69 Å². The Balaban J connectivity index is 1.66. The third kappa shape index (κ3) is 5.74. The number of esters is 1. The topological polar surface area (TPSA) is 93.0 Å². The lowest BCUT2D eigenvalue weighted by Gasteiger charge is -2.36. The Labute approximate surface area is 183 Å². The predicted octanol–water partition coefficient (Wildman–Crippen LogP) is 4.03. The van der Waals surface area contributed by atoms with Crippen molar-refractivity contribution in [2.45, 2.75) is 58.4 Å². The number of piperidine rings is 1. The van der Waals surface area contributed by atoms with Gasteiger partial charge in [0.25, 0.3) is 11.6 Å². The van der Waals surface area contributed by atoms with E-state index in [9.17, 15) is 19.7 Å². The van der Waals surface area contributed by atoms with E-state index >= 15 is 0 Å². The van der Waals surface area contributed by atoms with E-state index in [2.05, 4.69) is 13.8 Å². The zero-order valence-corrected chi connectivity index (χ0v) is 18.7. The SMILES string of the molecule is CC1CC(C)CN(c2ccc(C(=O)OCC(=O)N(C)C3CCCCC3)cc2[N+](=O)[O-])C1. The van der Waals surface area contributed by atoms with Crippen molar-refractivity contribution in [3.05, 3.63) is 33.9 Å². The van der Waals surface area contributed by atoms with Crippen molar-refractivity contribution in [1.29, 1.82) is 0 Å². The van der Waals surface area contributed by atoms with E-state index < -0.39 is 10.9 Å². The summed E-state index contributed by atoms with van der Waals surface area (Å²) >= 11 is 0. The number of likely N-dealkylation sites (N-methyl/N-ethyl adjacent to an activating group) is 1. The van der Waals surface area contributed by atoms with Gasteiger partial charge in [0.05, 0.1) is 10.5 Å². The van der Waals surface area contributed by atoms with Crippen molar-refractivity contribution in [2.75, 3.05) is 31.6 Å². The summed E-state index contributed by atoms with van der Waals surface area (Å²) in [5, 5.41) is 11.7. The highest BCUT2D eigenvalue weighted by Gasteiger charge is 2.28. The summed E-state index contributed by atoms with van der Waals surface area (Å²) < 4.78 is 5.19. The number of nitrogens with zero attached hydrogens (tertiary/aromatic N) is 3. The van der Waals surface area contributed by atoms with Crippen LogP contribution in [0.2, 0.25) is 0 Å². The zero-order valence-electron chi connectivity index (χ0n) is 18.7. The first-order chi connectivity index (χ1) is 14.8. The van der Waals surface area contributed by atoms with E-state index in [1.165, 1.54) is 12.5 Å². The molecule has 2 unspecified atom stereocenters. The van der Waals surface area contributed by atoms with Gasteiger partial charge in [-0.3, -0.25) is 14.9 Å². The van der Waals surface area contributed by atoms with E-state index in [1.807, 2.05) is 4.90 Å². The van der Waals surface area contributed by atoms with Crippen LogP contribution in [-0.2, 0) is 9.53 Å². The van der Waals surface area contributed by atoms with Gasteiger partial charge in [0.2, 0.25) is 0 Å². The van der Waals surface area contributed by atoms with Crippen LogP contribution in [0, 0.1) is 22.0 Å². The number of hydrogen-bond acceptors (Lipinski definition) is 6. The first-order valence-electron chi connectivity index (χ1n) is 11.2. The maximum absolute atomic E-state index is 12.5. The Morgan fingerprint density at radius 2 is 1.81 bits per heavy atom. The average Bonchev–Trinajstić information content (AvgIpc) is 2.76. The standard InChI is InChI=1S/C23H33N3O5/c1-16-11-17(2)14-25(13-16)20-10-9-18(12-21(20)26(29)30)23(28)31-15-22(27)24(3)19-7-5-4-6-8-19/h9-10,12,16-17,19H,4-8,11,13-15H2,1-3H3. The first-order valence-corrected chi connectivity index (χ1v) is 11.2. The number of carbonyl (C=O) groups excluding carboxylic acids is 2. The second kappa shape index (κ2) is 10.1. The Morgan fingerprint density at radius 3 is 2.42 bits per heavy atom. The molecule has 1 saturated heterocycles. The van der Waals surface area contributed by atoms with Gasteiger partial charge in [0, 0.05) is 32.2 Å². The van der Waals surface area contributed by atoms with Gasteiger partial charge in [-0.2, -0.15) is 0 Å². The molecule has 1 amide bonds. The molecule has 2 atom stereocenters. The molecular weight excluding hydrogens is 398 g/mol. The van der Waals surface area contributed by atoms with Gasteiger partial charge in [0.15, 0.2) is 6.61 Å². The monoisotopic (exact) mass is 431 g/mol. The quantitative estimate of drug-likeness (QED) is 0.384. The number of nitro groups is 1. The number of hydrogen-bond donors (Lipinski definition) is 0. The summed E-state index contributed by atoms with van der Waals surface area (Å²) in [6.45, 7) is 5.42. The van der Waals surface area contributed by atoms with Crippen LogP contribution in [0.1, 0.15) is 62.7 Å². The summed E-state index contributed by atoms with van der Waals surface area (Å²) in [5.74, 6) is -0.0802. The van der Waals surface area contributed by atoms with Crippen molar-refractivity contribution in [1.82, 2.24) is 4.90 Å². The molecule has 8 heteroatoms. The van der Waals surface area contributed by atoms with Crippen LogP contribution in [0.5, 0.6) is 0 Å². The van der Waals surface area contributed by atoms with Crippen molar-refractivity contribution in [3.63, 3.8) is 0 Å². The van der Waals surface area contributed by atoms with Crippen LogP contribution in [0.4, 0.5) is 11.4 Å². The van der Waals surface area contributed by atoms with Crippen LogP contribution >= 0.6 is 0 Å². The molecule has 31 heavy (non-hydrogen) atoms. The first kappa shape index (κ1) is 23.0. The molecule has 1 saturated carbocycles. The van der Waals surface area contributed by atoms with E-state index in [0.29, 0.717) is 17.5 Å². The second-order valence-electron chi connectivity index (χ2n) is 9.18. The minimum absolute atomic E-state index is 0.0849. The van der Waals surface area contributed by atoms with Gasteiger partial charge in [-0.1, -0.05) is 33.1 Å². The fourth-order valence-corrected chi connectivity index (χ4v) is 4.91. The molecule has 2 aliphatic rings. The Morgan fingerprint density at radius 1 is 1.16 bits per heavy atom. The van der Waals surface area contributed by atoms with Crippen LogP contribution in [0.15, 0.2) is 18.2 Å². The lowest BCUT2D eigenvalue weighted by Crippen LogP contribution is -2.40. The number of amides is 1. The molecule has 3 rings (SSSR count). The van der Waals surface area contributed by atoms with Crippen LogP contribution < -0.4 is 4.90 Å². The maximum atomic E-state index is 12.5.